The summed E-state index contributed by atoms with van der Waals surface area (Å²) in [5, 5.41) is 0. The Bertz CT molecular complexity index is 2680. The quantitative estimate of drug-likeness (QED) is 0.167. The highest BCUT2D eigenvalue weighted by atomic mass is 15.0. The number of hydrogen-bond donors (Lipinski definition) is 0. The third-order valence-electron chi connectivity index (χ3n) is 9.47. The average molecular weight is 683 g/mol. The summed E-state index contributed by atoms with van der Waals surface area (Å²) in [7, 11) is 0. The highest BCUT2D eigenvalue weighted by Gasteiger charge is 2.18. The van der Waals surface area contributed by atoms with Crippen LogP contribution in [0.25, 0.3) is 84.6 Å². The number of pyridine rings is 2. The lowest BCUT2D eigenvalue weighted by Gasteiger charge is -2.14. The molecule has 0 radical (unpaired) electrons. The van der Waals surface area contributed by atoms with Gasteiger partial charge in [0.25, 0.3) is 0 Å². The van der Waals surface area contributed by atoms with Crippen molar-refractivity contribution in [2.24, 2.45) is 0 Å². The molecule has 252 valence electrons. The Hall–Kier alpha value is -7.05. The Balaban J connectivity index is 1.25. The molecule has 0 amide bonds. The summed E-state index contributed by atoms with van der Waals surface area (Å²) in [4.78, 5) is 25.1. The van der Waals surface area contributed by atoms with E-state index in [0.29, 0.717) is 17.5 Å². The van der Waals surface area contributed by atoms with Crippen LogP contribution in [0.15, 0.2) is 170 Å². The summed E-state index contributed by atoms with van der Waals surface area (Å²) in [6.45, 7) is 4.09. The van der Waals surface area contributed by atoms with Crippen molar-refractivity contribution in [2.45, 2.75) is 13.8 Å². The molecule has 6 nitrogen and oxygen atoms in total. The molecule has 0 aliphatic carbocycles. The molecule has 9 rings (SSSR count). The van der Waals surface area contributed by atoms with Gasteiger partial charge < -0.3 is 0 Å². The number of fused-ring (bicyclic) bond motifs is 1. The van der Waals surface area contributed by atoms with E-state index in [0.717, 1.165) is 78.5 Å². The van der Waals surface area contributed by atoms with E-state index >= 15 is 0 Å². The number of hydrogen-bond acceptors (Lipinski definition) is 5. The van der Waals surface area contributed by atoms with Gasteiger partial charge in [0.2, 0.25) is 0 Å². The van der Waals surface area contributed by atoms with Gasteiger partial charge in [-0.25, -0.2) is 19.9 Å². The largest absolute Gasteiger partial charge is 0.299 e. The van der Waals surface area contributed by atoms with E-state index in [9.17, 15) is 0 Å². The SMILES string of the molecule is Cc1ccc(-c2cc(-c3cccc(-c4nc5ccccn5c4-c4ccccc4)c3)cc(-c3nc(-c4ccccc4)nc(-c4ccccc4)n3)c2)c(C)n1. The van der Waals surface area contributed by atoms with Gasteiger partial charge >= 0.3 is 0 Å². The molecular formula is C47H34N6. The zero-order valence-electron chi connectivity index (χ0n) is 29.3. The molecule has 0 spiro atoms. The Labute approximate surface area is 308 Å². The van der Waals surface area contributed by atoms with Crippen molar-refractivity contribution in [1.82, 2.24) is 29.3 Å². The standard InChI is InChI=1S/C47H34N6/c1-31-24-25-41(32(2)48-31)39-28-38(29-40(30-39)47-51-45(34-17-8-4-9-18-34)50-46(52-47)35-19-10-5-11-20-35)36-21-14-22-37(27-36)43-44(33-15-6-3-7-16-33)53-26-13-12-23-42(53)49-43/h3-30H,1-2H3. The van der Waals surface area contributed by atoms with Crippen LogP contribution in [0.3, 0.4) is 0 Å². The van der Waals surface area contributed by atoms with Crippen molar-refractivity contribution < 1.29 is 0 Å². The van der Waals surface area contributed by atoms with Gasteiger partial charge in [-0.1, -0.05) is 121 Å². The van der Waals surface area contributed by atoms with Crippen LogP contribution in [0, 0.1) is 13.8 Å². The highest BCUT2D eigenvalue weighted by molar-refractivity contribution is 5.86. The monoisotopic (exact) mass is 682 g/mol. The first-order valence-electron chi connectivity index (χ1n) is 17.7. The van der Waals surface area contributed by atoms with Gasteiger partial charge in [0.05, 0.1) is 11.4 Å². The van der Waals surface area contributed by atoms with E-state index in [1.54, 1.807) is 0 Å². The number of imidazole rings is 1. The number of benzene rings is 5. The molecule has 0 aliphatic rings. The molecule has 0 N–H and O–H groups in total. The molecule has 4 aromatic heterocycles. The summed E-state index contributed by atoms with van der Waals surface area (Å²) in [6.07, 6.45) is 2.08. The lowest BCUT2D eigenvalue weighted by molar-refractivity contribution is 1.07. The van der Waals surface area contributed by atoms with Gasteiger partial charge in [0.1, 0.15) is 5.65 Å². The summed E-state index contributed by atoms with van der Waals surface area (Å²) < 4.78 is 2.17. The predicted molar refractivity (Wildman–Crippen MR) is 214 cm³/mol. The van der Waals surface area contributed by atoms with Gasteiger partial charge in [-0.3, -0.25) is 9.38 Å². The highest BCUT2D eigenvalue weighted by Crippen LogP contribution is 2.38. The van der Waals surface area contributed by atoms with Gasteiger partial charge in [-0.05, 0) is 73.0 Å². The smallest absolute Gasteiger partial charge is 0.164 e. The van der Waals surface area contributed by atoms with Crippen LogP contribution in [-0.2, 0) is 0 Å². The Kier molecular flexibility index (Phi) is 8.18. The summed E-state index contributed by atoms with van der Waals surface area (Å²) in [6, 6.07) is 56.2. The van der Waals surface area contributed by atoms with E-state index in [-0.39, 0.29) is 0 Å². The molecule has 6 heteroatoms. The van der Waals surface area contributed by atoms with E-state index in [2.05, 4.69) is 102 Å². The van der Waals surface area contributed by atoms with Crippen LogP contribution in [-0.4, -0.2) is 29.3 Å². The number of rotatable bonds is 7. The van der Waals surface area contributed by atoms with E-state index < -0.39 is 0 Å². The van der Waals surface area contributed by atoms with Gasteiger partial charge in [-0.2, -0.15) is 0 Å². The van der Waals surface area contributed by atoms with Gasteiger partial charge in [0.15, 0.2) is 17.5 Å². The minimum absolute atomic E-state index is 0.599. The topological polar surface area (TPSA) is 68.9 Å². The third-order valence-corrected chi connectivity index (χ3v) is 9.47. The fourth-order valence-corrected chi connectivity index (χ4v) is 6.92. The minimum atomic E-state index is 0.599. The molecule has 0 bridgehead atoms. The van der Waals surface area contributed by atoms with Crippen LogP contribution in [0.2, 0.25) is 0 Å². The fraction of sp³-hybridized carbons (Fsp3) is 0.0426. The Morgan fingerprint density at radius 1 is 0.377 bits per heavy atom. The van der Waals surface area contributed by atoms with Crippen LogP contribution in [0.5, 0.6) is 0 Å². The first-order chi connectivity index (χ1) is 26.1. The summed E-state index contributed by atoms with van der Waals surface area (Å²) >= 11 is 0. The van der Waals surface area contributed by atoms with Crippen molar-refractivity contribution >= 4 is 5.65 Å². The third kappa shape index (κ3) is 6.28. The first kappa shape index (κ1) is 31.9. The summed E-state index contributed by atoms with van der Waals surface area (Å²) in [5.74, 6) is 1.84. The Morgan fingerprint density at radius 3 is 1.57 bits per heavy atom. The molecular weight excluding hydrogens is 649 g/mol. The van der Waals surface area contributed by atoms with Crippen LogP contribution in [0.4, 0.5) is 0 Å². The molecule has 0 atom stereocenters. The van der Waals surface area contributed by atoms with E-state index in [1.807, 2.05) is 85.8 Å². The second kappa shape index (κ2) is 13.6. The van der Waals surface area contributed by atoms with Crippen LogP contribution >= 0.6 is 0 Å². The maximum absolute atomic E-state index is 5.15. The second-order valence-electron chi connectivity index (χ2n) is 13.1. The van der Waals surface area contributed by atoms with Crippen molar-refractivity contribution in [3.8, 4) is 78.9 Å². The molecule has 53 heavy (non-hydrogen) atoms. The van der Waals surface area contributed by atoms with Crippen molar-refractivity contribution in [3.63, 3.8) is 0 Å². The van der Waals surface area contributed by atoms with Gasteiger partial charge in [-0.15, -0.1) is 0 Å². The van der Waals surface area contributed by atoms with E-state index in [4.69, 9.17) is 24.9 Å². The number of aromatic nitrogens is 6. The summed E-state index contributed by atoms with van der Waals surface area (Å²) in [5.41, 5.74) is 13.9. The van der Waals surface area contributed by atoms with E-state index in [1.165, 1.54) is 0 Å². The lowest BCUT2D eigenvalue weighted by Crippen LogP contribution is -2.00. The first-order valence-corrected chi connectivity index (χ1v) is 17.7. The zero-order valence-corrected chi connectivity index (χ0v) is 29.3. The van der Waals surface area contributed by atoms with Crippen molar-refractivity contribution in [3.05, 3.63) is 181 Å². The van der Waals surface area contributed by atoms with Crippen molar-refractivity contribution in [1.29, 1.82) is 0 Å². The molecule has 0 saturated heterocycles. The maximum Gasteiger partial charge on any atom is 0.164 e. The molecule has 4 heterocycles. The second-order valence-corrected chi connectivity index (χ2v) is 13.1. The molecule has 0 unspecified atom stereocenters. The zero-order chi connectivity index (χ0) is 35.7. The maximum atomic E-state index is 5.15. The molecule has 0 saturated carbocycles. The van der Waals surface area contributed by atoms with Crippen LogP contribution < -0.4 is 0 Å². The lowest BCUT2D eigenvalue weighted by atomic mass is 9.93. The minimum Gasteiger partial charge on any atom is -0.299 e. The molecule has 5 aromatic carbocycles. The van der Waals surface area contributed by atoms with Crippen molar-refractivity contribution in [2.75, 3.05) is 0 Å². The average Bonchev–Trinajstić information content (AvgIpc) is 3.61. The predicted octanol–water partition coefficient (Wildman–Crippen LogP) is 11.2. The fourth-order valence-electron chi connectivity index (χ4n) is 6.92. The Morgan fingerprint density at radius 2 is 0.906 bits per heavy atom. The number of aryl methyl sites for hydroxylation is 2. The molecule has 0 fully saturated rings. The normalized spacial score (nSPS) is 11.2. The number of nitrogens with zero attached hydrogens (tertiary/aromatic N) is 6. The molecule has 0 aliphatic heterocycles. The van der Waals surface area contributed by atoms with Crippen LogP contribution in [0.1, 0.15) is 11.4 Å². The van der Waals surface area contributed by atoms with Gasteiger partial charge in [0, 0.05) is 51.0 Å². The molecule has 9 aromatic rings.